The summed E-state index contributed by atoms with van der Waals surface area (Å²) < 4.78 is 30.4. The zero-order valence-corrected chi connectivity index (χ0v) is 15.0. The van der Waals surface area contributed by atoms with Crippen LogP contribution in [0.4, 0.5) is 0 Å². The molecule has 0 aromatic heterocycles. The third-order valence-electron chi connectivity index (χ3n) is 6.69. The van der Waals surface area contributed by atoms with Gasteiger partial charge in [-0.25, -0.2) is 0 Å². The topological polar surface area (TPSA) is 90.2 Å². The fourth-order valence-electron chi connectivity index (χ4n) is 5.30. The number of hydrogen-bond acceptors (Lipinski definition) is 7. The van der Waals surface area contributed by atoms with E-state index in [1.807, 2.05) is 6.07 Å². The van der Waals surface area contributed by atoms with Crippen molar-refractivity contribution in [2.75, 3.05) is 6.61 Å². The van der Waals surface area contributed by atoms with E-state index >= 15 is 0 Å². The number of fused-ring (bicyclic) bond motifs is 1. The molecule has 26 heavy (non-hydrogen) atoms. The fourth-order valence-corrected chi connectivity index (χ4v) is 5.30. The van der Waals surface area contributed by atoms with Gasteiger partial charge >= 0.3 is 0 Å². The van der Waals surface area contributed by atoms with Crippen LogP contribution in [-0.4, -0.2) is 53.5 Å². The van der Waals surface area contributed by atoms with Crippen LogP contribution in [0.5, 0.6) is 0 Å². The number of rotatable bonds is 1. The summed E-state index contributed by atoms with van der Waals surface area (Å²) in [6.45, 7) is 0.319. The average Bonchev–Trinajstić information content (AvgIpc) is 3.29. The Labute approximate surface area is 153 Å². The predicted molar refractivity (Wildman–Crippen MR) is 87.6 cm³/mol. The van der Waals surface area contributed by atoms with Gasteiger partial charge in [0.25, 0.3) is 0 Å². The van der Waals surface area contributed by atoms with Gasteiger partial charge in [-0.1, -0.05) is 12.8 Å². The van der Waals surface area contributed by atoms with Gasteiger partial charge in [0.2, 0.25) is 5.60 Å². The van der Waals surface area contributed by atoms with Crippen molar-refractivity contribution in [3.05, 3.63) is 0 Å². The van der Waals surface area contributed by atoms with Crippen molar-refractivity contribution < 1.29 is 28.8 Å². The number of ether oxygens (including phenoxy) is 5. The van der Waals surface area contributed by atoms with Gasteiger partial charge in [0.15, 0.2) is 24.0 Å². The van der Waals surface area contributed by atoms with Crippen LogP contribution in [0.25, 0.3) is 0 Å². The summed E-state index contributed by atoms with van der Waals surface area (Å²) in [7, 11) is 0. The first-order valence-corrected chi connectivity index (χ1v) is 10.0. The van der Waals surface area contributed by atoms with Crippen molar-refractivity contribution in [2.45, 2.75) is 106 Å². The number of aliphatic hydroxyl groups is 1. The van der Waals surface area contributed by atoms with Gasteiger partial charge in [0, 0.05) is 25.7 Å². The van der Waals surface area contributed by atoms with Gasteiger partial charge in [0.05, 0.1) is 6.61 Å². The molecule has 7 nitrogen and oxygen atoms in total. The first-order valence-electron chi connectivity index (χ1n) is 10.0. The van der Waals surface area contributed by atoms with Crippen LogP contribution in [0.1, 0.15) is 64.2 Å². The lowest BCUT2D eigenvalue weighted by Crippen LogP contribution is -2.53. The molecule has 5 unspecified atom stereocenters. The second-order valence-corrected chi connectivity index (χ2v) is 8.43. The summed E-state index contributed by atoms with van der Waals surface area (Å²) >= 11 is 0. The van der Waals surface area contributed by atoms with Gasteiger partial charge in [-0.15, -0.1) is 0 Å². The molecule has 2 aliphatic carbocycles. The maximum Gasteiger partial charge on any atom is 0.211 e. The Morgan fingerprint density at radius 2 is 1.46 bits per heavy atom. The molecule has 3 aliphatic heterocycles. The first-order chi connectivity index (χ1) is 12.6. The highest BCUT2D eigenvalue weighted by Crippen LogP contribution is 2.50. The minimum atomic E-state index is -1.79. The SMILES string of the molecule is N#CC1(O)C(C2COC3(CCCCC3)O2)OC2OC3(CCCCC3)OC21. The van der Waals surface area contributed by atoms with Crippen molar-refractivity contribution >= 4 is 0 Å². The fraction of sp³-hybridized carbons (Fsp3) is 0.947. The lowest BCUT2D eigenvalue weighted by atomic mass is 9.90. The predicted octanol–water partition coefficient (Wildman–Crippen LogP) is 2.12. The molecule has 7 heteroatoms. The highest BCUT2D eigenvalue weighted by molar-refractivity contribution is 5.20. The third kappa shape index (κ3) is 2.55. The Bertz CT molecular complexity index is 593. The Hall–Kier alpha value is -0.750. The molecule has 5 atom stereocenters. The number of hydrogen-bond donors (Lipinski definition) is 1. The minimum Gasteiger partial charge on any atom is -0.371 e. The Morgan fingerprint density at radius 3 is 2.12 bits per heavy atom. The van der Waals surface area contributed by atoms with E-state index in [0.717, 1.165) is 57.8 Å². The van der Waals surface area contributed by atoms with E-state index in [4.69, 9.17) is 23.7 Å². The van der Waals surface area contributed by atoms with Crippen LogP contribution in [0.15, 0.2) is 0 Å². The van der Waals surface area contributed by atoms with Gasteiger partial charge in [-0.2, -0.15) is 5.26 Å². The zero-order valence-electron chi connectivity index (χ0n) is 15.0. The van der Waals surface area contributed by atoms with E-state index < -0.39 is 41.8 Å². The lowest BCUT2D eigenvalue weighted by molar-refractivity contribution is -0.266. The Kier molecular flexibility index (Phi) is 4.09. The third-order valence-corrected chi connectivity index (χ3v) is 6.69. The second-order valence-electron chi connectivity index (χ2n) is 8.43. The van der Waals surface area contributed by atoms with Crippen LogP contribution in [0.3, 0.4) is 0 Å². The van der Waals surface area contributed by atoms with Gasteiger partial charge in [-0.3, -0.25) is 0 Å². The molecule has 2 spiro atoms. The van der Waals surface area contributed by atoms with Crippen molar-refractivity contribution in [2.24, 2.45) is 0 Å². The van der Waals surface area contributed by atoms with Crippen molar-refractivity contribution in [3.8, 4) is 6.07 Å². The zero-order chi connectivity index (χ0) is 17.8. The summed E-state index contributed by atoms with van der Waals surface area (Å²) in [5.74, 6) is -1.28. The second kappa shape index (κ2) is 6.13. The van der Waals surface area contributed by atoms with E-state index in [1.165, 1.54) is 6.42 Å². The first kappa shape index (κ1) is 17.4. The summed E-state index contributed by atoms with van der Waals surface area (Å²) in [4.78, 5) is 0. The molecule has 5 rings (SSSR count). The maximum atomic E-state index is 11.2. The van der Waals surface area contributed by atoms with E-state index in [1.54, 1.807) is 0 Å². The van der Waals surface area contributed by atoms with Gasteiger partial charge in [-0.05, 0) is 25.7 Å². The molecule has 0 aromatic rings. The van der Waals surface area contributed by atoms with Crippen LogP contribution in [-0.2, 0) is 23.7 Å². The molecule has 0 amide bonds. The smallest absolute Gasteiger partial charge is 0.211 e. The maximum absolute atomic E-state index is 11.2. The quantitative estimate of drug-likeness (QED) is 0.712. The van der Waals surface area contributed by atoms with Crippen LogP contribution in [0, 0.1) is 11.3 Å². The van der Waals surface area contributed by atoms with E-state index in [2.05, 4.69) is 0 Å². The highest BCUT2D eigenvalue weighted by atomic mass is 16.8. The van der Waals surface area contributed by atoms with E-state index in [0.29, 0.717) is 6.61 Å². The van der Waals surface area contributed by atoms with Crippen molar-refractivity contribution in [1.82, 2.24) is 0 Å². The van der Waals surface area contributed by atoms with Crippen molar-refractivity contribution in [1.29, 1.82) is 5.26 Å². The summed E-state index contributed by atoms with van der Waals surface area (Å²) in [5, 5.41) is 20.9. The molecule has 0 radical (unpaired) electrons. The largest absolute Gasteiger partial charge is 0.371 e. The van der Waals surface area contributed by atoms with Gasteiger partial charge in [0.1, 0.15) is 18.3 Å². The van der Waals surface area contributed by atoms with E-state index in [9.17, 15) is 10.4 Å². The Morgan fingerprint density at radius 1 is 0.808 bits per heavy atom. The highest BCUT2D eigenvalue weighted by Gasteiger charge is 2.68. The molecule has 5 aliphatic rings. The molecule has 0 aromatic carbocycles. The molecule has 5 fully saturated rings. The molecule has 2 saturated carbocycles. The summed E-state index contributed by atoms with van der Waals surface area (Å²) in [6, 6.07) is 2.04. The van der Waals surface area contributed by atoms with Crippen LogP contribution >= 0.6 is 0 Å². The average molecular weight is 365 g/mol. The monoisotopic (exact) mass is 365 g/mol. The van der Waals surface area contributed by atoms with Crippen molar-refractivity contribution in [3.63, 3.8) is 0 Å². The minimum absolute atomic E-state index is 0.319. The summed E-state index contributed by atoms with van der Waals surface area (Å²) in [5.41, 5.74) is -1.79. The van der Waals surface area contributed by atoms with Crippen LogP contribution < -0.4 is 0 Å². The molecular weight excluding hydrogens is 338 g/mol. The molecule has 144 valence electrons. The molecule has 1 N–H and O–H groups in total. The van der Waals surface area contributed by atoms with Gasteiger partial charge < -0.3 is 28.8 Å². The number of nitriles is 1. The lowest BCUT2D eigenvalue weighted by Gasteiger charge is -2.36. The standard InChI is InChI=1S/C19H27NO6/c20-12-19(21)14(13-11-22-17(24-13)7-3-1-4-8-17)23-16-15(19)25-18(26-16)9-5-2-6-10-18/h13-16,21H,1-11H2. The molecule has 3 heterocycles. The number of nitrogens with zero attached hydrogens (tertiary/aromatic N) is 1. The van der Waals surface area contributed by atoms with E-state index in [-0.39, 0.29) is 0 Å². The normalized spacial score (nSPS) is 46.5. The Balaban J connectivity index is 1.33. The van der Waals surface area contributed by atoms with Crippen LogP contribution in [0.2, 0.25) is 0 Å². The molecule has 3 saturated heterocycles. The summed E-state index contributed by atoms with van der Waals surface area (Å²) in [6.07, 6.45) is 6.95. The molecule has 0 bridgehead atoms. The molecular formula is C19H27NO6.